The monoisotopic (exact) mass is 517 g/mol. The molecular weight excluding hydrogens is 494 g/mol. The molecule has 0 aliphatic heterocycles. The molecule has 1 aromatic heterocycles. The molecular formula is C23H24BrN3O6. The summed E-state index contributed by atoms with van der Waals surface area (Å²) in [6.45, 7) is 0. The molecule has 1 N–H and O–H groups in total. The molecule has 10 heteroatoms. The van der Waals surface area contributed by atoms with Crippen LogP contribution in [0.25, 0.3) is 11.3 Å². The fourth-order valence-corrected chi connectivity index (χ4v) is 3.96. The van der Waals surface area contributed by atoms with Crippen LogP contribution in [0.3, 0.4) is 0 Å². The van der Waals surface area contributed by atoms with Crippen LogP contribution in [0.2, 0.25) is 0 Å². The Balaban J connectivity index is 1.97. The number of hydrogen-bond donors (Lipinski definition) is 1. The molecule has 1 unspecified atom stereocenters. The normalized spacial score (nSPS) is 11.6. The van der Waals surface area contributed by atoms with Crippen molar-refractivity contribution in [1.82, 2.24) is 14.7 Å². The van der Waals surface area contributed by atoms with E-state index < -0.39 is 17.9 Å². The summed E-state index contributed by atoms with van der Waals surface area (Å²) < 4.78 is 17.9. The van der Waals surface area contributed by atoms with Crippen molar-refractivity contribution in [3.63, 3.8) is 0 Å². The van der Waals surface area contributed by atoms with Crippen LogP contribution < -0.4 is 14.2 Å². The lowest BCUT2D eigenvalue weighted by Gasteiger charge is -2.25. The maximum absolute atomic E-state index is 13.2. The number of likely N-dealkylation sites (N-methyl/N-ethyl adjacent to an activating group) is 1. The minimum atomic E-state index is -1.26. The molecule has 0 saturated heterocycles. The van der Waals surface area contributed by atoms with Gasteiger partial charge in [-0.2, -0.15) is 5.10 Å². The Labute approximate surface area is 199 Å². The zero-order valence-corrected chi connectivity index (χ0v) is 20.4. The van der Waals surface area contributed by atoms with Gasteiger partial charge in [0.05, 0.1) is 27.0 Å². The molecule has 0 saturated carbocycles. The van der Waals surface area contributed by atoms with Gasteiger partial charge < -0.3 is 24.2 Å². The number of halogens is 1. The summed E-state index contributed by atoms with van der Waals surface area (Å²) in [5.74, 6) is -0.133. The van der Waals surface area contributed by atoms with E-state index in [9.17, 15) is 14.7 Å². The van der Waals surface area contributed by atoms with Crippen LogP contribution in [0, 0.1) is 0 Å². The van der Waals surface area contributed by atoms with E-state index in [-0.39, 0.29) is 5.69 Å². The minimum absolute atomic E-state index is 0.107. The van der Waals surface area contributed by atoms with E-state index in [1.165, 1.54) is 21.3 Å². The number of amides is 1. The van der Waals surface area contributed by atoms with Gasteiger partial charge in [-0.25, -0.2) is 4.79 Å². The Kier molecular flexibility index (Phi) is 7.27. The molecule has 3 aromatic rings. The van der Waals surface area contributed by atoms with Crippen molar-refractivity contribution in [2.24, 2.45) is 7.05 Å². The topological polar surface area (TPSA) is 103 Å². The highest BCUT2D eigenvalue weighted by Gasteiger charge is 2.32. The highest BCUT2D eigenvalue weighted by molar-refractivity contribution is 9.10. The third-order valence-corrected chi connectivity index (χ3v) is 5.94. The first-order valence-electron chi connectivity index (χ1n) is 9.81. The average Bonchev–Trinajstić information content (AvgIpc) is 3.20. The number of carboxylic acid groups (broad SMARTS) is 1. The summed E-state index contributed by atoms with van der Waals surface area (Å²) in [4.78, 5) is 26.5. The molecule has 3 rings (SSSR count). The van der Waals surface area contributed by atoms with Gasteiger partial charge in [0.2, 0.25) is 0 Å². The Bertz CT molecular complexity index is 1190. The number of hydrogen-bond acceptors (Lipinski definition) is 6. The summed E-state index contributed by atoms with van der Waals surface area (Å²) in [6.07, 6.45) is 0. The number of aryl methyl sites for hydroxylation is 1. The number of carbonyl (C=O) groups excluding carboxylic acids is 1. The van der Waals surface area contributed by atoms with Gasteiger partial charge in [-0.15, -0.1) is 0 Å². The van der Waals surface area contributed by atoms with Gasteiger partial charge in [0.25, 0.3) is 5.91 Å². The van der Waals surface area contributed by atoms with Gasteiger partial charge in [0, 0.05) is 29.7 Å². The third-order valence-electron chi connectivity index (χ3n) is 5.22. The van der Waals surface area contributed by atoms with Crippen LogP contribution in [0.1, 0.15) is 22.1 Å². The van der Waals surface area contributed by atoms with Gasteiger partial charge >= 0.3 is 5.97 Å². The highest BCUT2D eigenvalue weighted by atomic mass is 79.9. The SMILES string of the molecule is COc1ccc(Br)c(C(C(=O)O)N(C)C(=O)c2cc(-c3ccc(OC)c(OC)c3)n(C)n2)c1. The fourth-order valence-electron chi connectivity index (χ4n) is 3.50. The fraction of sp³-hybridized carbons (Fsp3) is 0.261. The predicted octanol–water partition coefficient (Wildman–Crippen LogP) is 3.77. The van der Waals surface area contributed by atoms with E-state index in [0.29, 0.717) is 33.0 Å². The first-order chi connectivity index (χ1) is 15.7. The lowest BCUT2D eigenvalue weighted by Crippen LogP contribution is -2.36. The zero-order chi connectivity index (χ0) is 24.3. The average molecular weight is 518 g/mol. The molecule has 0 aliphatic carbocycles. The van der Waals surface area contributed by atoms with Crippen LogP contribution in [-0.2, 0) is 11.8 Å². The number of aromatic nitrogens is 2. The second-order valence-corrected chi connectivity index (χ2v) is 8.01. The Morgan fingerprint density at radius 2 is 1.73 bits per heavy atom. The number of benzene rings is 2. The van der Waals surface area contributed by atoms with Crippen LogP contribution in [0.15, 0.2) is 46.9 Å². The lowest BCUT2D eigenvalue weighted by molar-refractivity contribution is -0.142. The second kappa shape index (κ2) is 9.95. The van der Waals surface area contributed by atoms with Gasteiger partial charge in [-0.05, 0) is 42.5 Å². The van der Waals surface area contributed by atoms with Crippen molar-refractivity contribution >= 4 is 27.8 Å². The summed E-state index contributed by atoms with van der Waals surface area (Å²) in [7, 11) is 7.71. The van der Waals surface area contributed by atoms with Crippen LogP contribution in [-0.4, -0.2) is 60.0 Å². The van der Waals surface area contributed by atoms with Crippen LogP contribution in [0.5, 0.6) is 17.2 Å². The largest absolute Gasteiger partial charge is 0.497 e. The maximum atomic E-state index is 13.2. The quantitative estimate of drug-likeness (QED) is 0.484. The number of carboxylic acids is 1. The molecule has 0 spiro atoms. The summed E-state index contributed by atoms with van der Waals surface area (Å²) >= 11 is 3.38. The number of rotatable bonds is 8. The van der Waals surface area contributed by atoms with Crippen molar-refractivity contribution in [1.29, 1.82) is 0 Å². The smallest absolute Gasteiger partial charge is 0.331 e. The summed E-state index contributed by atoms with van der Waals surface area (Å²) in [5.41, 5.74) is 1.90. The Morgan fingerprint density at radius 3 is 2.33 bits per heavy atom. The molecule has 174 valence electrons. The molecule has 1 amide bonds. The number of ether oxygens (including phenoxy) is 3. The molecule has 1 heterocycles. The Hall–Kier alpha value is -3.53. The van der Waals surface area contributed by atoms with Crippen molar-refractivity contribution in [3.8, 4) is 28.5 Å². The van der Waals surface area contributed by atoms with E-state index in [1.807, 2.05) is 6.07 Å². The molecule has 1 atom stereocenters. The summed E-state index contributed by atoms with van der Waals surface area (Å²) in [6, 6.07) is 10.7. The van der Waals surface area contributed by atoms with Gasteiger partial charge in [0.1, 0.15) is 5.75 Å². The van der Waals surface area contributed by atoms with Crippen molar-refractivity contribution in [2.45, 2.75) is 6.04 Å². The molecule has 0 bridgehead atoms. The predicted molar refractivity (Wildman–Crippen MR) is 125 cm³/mol. The molecule has 0 fully saturated rings. The molecule has 0 radical (unpaired) electrons. The number of methoxy groups -OCH3 is 3. The van der Waals surface area contributed by atoms with Gasteiger partial charge in [-0.3, -0.25) is 9.48 Å². The van der Waals surface area contributed by atoms with Crippen LogP contribution >= 0.6 is 15.9 Å². The minimum Gasteiger partial charge on any atom is -0.497 e. The third kappa shape index (κ3) is 4.80. The van der Waals surface area contributed by atoms with E-state index in [2.05, 4.69) is 21.0 Å². The molecule has 33 heavy (non-hydrogen) atoms. The number of nitrogens with zero attached hydrogens (tertiary/aromatic N) is 3. The maximum Gasteiger partial charge on any atom is 0.331 e. The lowest BCUT2D eigenvalue weighted by atomic mass is 10.0. The molecule has 9 nitrogen and oxygen atoms in total. The van der Waals surface area contributed by atoms with Gasteiger partial charge in [0.15, 0.2) is 23.2 Å². The molecule has 0 aliphatic rings. The number of carbonyl (C=O) groups is 2. The van der Waals surface area contributed by atoms with E-state index >= 15 is 0 Å². The van der Waals surface area contributed by atoms with E-state index in [0.717, 1.165) is 10.5 Å². The zero-order valence-electron chi connectivity index (χ0n) is 18.8. The van der Waals surface area contributed by atoms with E-state index in [1.54, 1.807) is 55.2 Å². The number of aliphatic carboxylic acids is 1. The highest BCUT2D eigenvalue weighted by Crippen LogP contribution is 2.34. The van der Waals surface area contributed by atoms with Gasteiger partial charge in [-0.1, -0.05) is 15.9 Å². The first-order valence-corrected chi connectivity index (χ1v) is 10.6. The van der Waals surface area contributed by atoms with Crippen molar-refractivity contribution < 1.29 is 28.9 Å². The van der Waals surface area contributed by atoms with E-state index in [4.69, 9.17) is 14.2 Å². The standard InChI is InChI=1S/C23H24BrN3O6/c1-26(21(23(29)30)15-11-14(31-3)7-8-16(15)24)22(28)17-12-18(27(2)25-17)13-6-9-19(32-4)20(10-13)33-5/h6-12,21H,1-5H3,(H,29,30). The Morgan fingerprint density at radius 1 is 1.03 bits per heavy atom. The first kappa shape index (κ1) is 24.1. The van der Waals surface area contributed by atoms with Crippen molar-refractivity contribution in [2.75, 3.05) is 28.4 Å². The van der Waals surface area contributed by atoms with Crippen LogP contribution in [0.4, 0.5) is 0 Å². The van der Waals surface area contributed by atoms with Crippen molar-refractivity contribution in [3.05, 3.63) is 58.2 Å². The molecule has 2 aromatic carbocycles. The summed E-state index contributed by atoms with van der Waals surface area (Å²) in [5, 5.41) is 14.2. The second-order valence-electron chi connectivity index (χ2n) is 7.15.